The van der Waals surface area contributed by atoms with Gasteiger partial charge in [-0.15, -0.1) is 0 Å². The smallest absolute Gasteiger partial charge is 0.227 e. The third-order valence-corrected chi connectivity index (χ3v) is 3.86. The molecule has 2 heteroatoms. The Morgan fingerprint density at radius 1 is 0.905 bits per heavy atom. The van der Waals surface area contributed by atoms with E-state index in [0.717, 1.165) is 23.1 Å². The van der Waals surface area contributed by atoms with Crippen LogP contribution < -0.4 is 0 Å². The molecule has 0 spiro atoms. The average Bonchev–Trinajstić information content (AvgIpc) is 2.97. The minimum absolute atomic E-state index is 0.684. The molecular weight excluding hydrogens is 258 g/mol. The fourth-order valence-corrected chi connectivity index (χ4v) is 2.64. The zero-order chi connectivity index (χ0) is 14.2. The maximum atomic E-state index is 5.89. The van der Waals surface area contributed by atoms with Crippen LogP contribution in [-0.4, -0.2) is 4.98 Å². The molecule has 0 fully saturated rings. The Balaban J connectivity index is 1.87. The molecule has 4 rings (SSSR count). The molecule has 0 N–H and O–H groups in total. The van der Waals surface area contributed by atoms with E-state index >= 15 is 0 Å². The Morgan fingerprint density at radius 2 is 1.76 bits per heavy atom. The molecule has 1 aromatic heterocycles. The number of nitrogens with zero attached hydrogens (tertiary/aromatic N) is 1. The van der Waals surface area contributed by atoms with E-state index < -0.39 is 0 Å². The summed E-state index contributed by atoms with van der Waals surface area (Å²) in [6.45, 7) is 2.14. The van der Waals surface area contributed by atoms with Crippen molar-refractivity contribution in [3.05, 3.63) is 66.2 Å². The van der Waals surface area contributed by atoms with Gasteiger partial charge in [-0.1, -0.05) is 43.3 Å². The van der Waals surface area contributed by atoms with Crippen molar-refractivity contribution in [2.75, 3.05) is 0 Å². The average molecular weight is 273 g/mol. The predicted octanol–water partition coefficient (Wildman–Crippen LogP) is 5.21. The van der Waals surface area contributed by atoms with Crippen LogP contribution in [0.4, 0.5) is 0 Å². The van der Waals surface area contributed by atoms with Crippen LogP contribution in [0.2, 0.25) is 0 Å². The van der Waals surface area contributed by atoms with Gasteiger partial charge in [-0.3, -0.25) is 0 Å². The number of hydrogen-bond donors (Lipinski definition) is 0. The number of oxazole rings is 1. The van der Waals surface area contributed by atoms with Gasteiger partial charge in [-0.25, -0.2) is 4.98 Å². The molecule has 0 unspecified atom stereocenters. The Bertz CT molecular complexity index is 937. The van der Waals surface area contributed by atoms with Crippen molar-refractivity contribution in [1.82, 2.24) is 4.98 Å². The van der Waals surface area contributed by atoms with Crippen LogP contribution in [0.15, 0.2) is 65.1 Å². The largest absolute Gasteiger partial charge is 0.436 e. The van der Waals surface area contributed by atoms with Crippen LogP contribution >= 0.6 is 0 Å². The summed E-state index contributed by atoms with van der Waals surface area (Å²) in [6.07, 6.45) is 1.01. The second-order valence-corrected chi connectivity index (χ2v) is 5.24. The van der Waals surface area contributed by atoms with E-state index in [0.29, 0.717) is 5.89 Å². The minimum atomic E-state index is 0.684. The first-order chi connectivity index (χ1) is 10.3. The van der Waals surface area contributed by atoms with Gasteiger partial charge in [-0.05, 0) is 47.0 Å². The van der Waals surface area contributed by atoms with Crippen molar-refractivity contribution >= 4 is 21.9 Å². The lowest BCUT2D eigenvalue weighted by atomic mass is 10.1. The van der Waals surface area contributed by atoms with Crippen molar-refractivity contribution in [3.8, 4) is 11.5 Å². The number of aryl methyl sites for hydroxylation is 1. The van der Waals surface area contributed by atoms with Crippen LogP contribution in [-0.2, 0) is 6.42 Å². The number of rotatable bonds is 2. The third-order valence-electron chi connectivity index (χ3n) is 3.86. The molecule has 0 saturated carbocycles. The summed E-state index contributed by atoms with van der Waals surface area (Å²) in [7, 11) is 0. The van der Waals surface area contributed by atoms with Gasteiger partial charge in [0.05, 0.1) is 0 Å². The predicted molar refractivity (Wildman–Crippen MR) is 86.3 cm³/mol. The molecular formula is C19H15NO. The number of hydrogen-bond acceptors (Lipinski definition) is 2. The molecule has 0 aliphatic rings. The molecule has 0 bridgehead atoms. The van der Waals surface area contributed by atoms with E-state index in [1.165, 1.54) is 16.3 Å². The van der Waals surface area contributed by atoms with Gasteiger partial charge in [0.15, 0.2) is 5.58 Å². The van der Waals surface area contributed by atoms with Crippen molar-refractivity contribution in [3.63, 3.8) is 0 Å². The molecule has 0 atom stereocenters. The van der Waals surface area contributed by atoms with Crippen molar-refractivity contribution in [2.45, 2.75) is 13.3 Å². The molecule has 0 aliphatic carbocycles. The van der Waals surface area contributed by atoms with Gasteiger partial charge in [0.25, 0.3) is 0 Å². The quantitative estimate of drug-likeness (QED) is 0.501. The van der Waals surface area contributed by atoms with Gasteiger partial charge in [0, 0.05) is 5.56 Å². The van der Waals surface area contributed by atoms with Crippen LogP contribution in [0.1, 0.15) is 12.5 Å². The highest BCUT2D eigenvalue weighted by atomic mass is 16.3. The number of aromatic nitrogens is 1. The first-order valence-corrected chi connectivity index (χ1v) is 7.22. The van der Waals surface area contributed by atoms with E-state index in [1.807, 2.05) is 18.2 Å². The van der Waals surface area contributed by atoms with Gasteiger partial charge in [0.2, 0.25) is 5.89 Å². The highest BCUT2D eigenvalue weighted by Gasteiger charge is 2.09. The zero-order valence-corrected chi connectivity index (χ0v) is 11.8. The van der Waals surface area contributed by atoms with Crippen molar-refractivity contribution in [2.24, 2.45) is 0 Å². The summed E-state index contributed by atoms with van der Waals surface area (Å²) in [5.74, 6) is 0.684. The monoisotopic (exact) mass is 273 g/mol. The fourth-order valence-electron chi connectivity index (χ4n) is 2.64. The summed E-state index contributed by atoms with van der Waals surface area (Å²) in [4.78, 5) is 4.63. The highest BCUT2D eigenvalue weighted by molar-refractivity contribution is 5.87. The third kappa shape index (κ3) is 2.09. The zero-order valence-electron chi connectivity index (χ0n) is 11.8. The van der Waals surface area contributed by atoms with Crippen LogP contribution in [0.3, 0.4) is 0 Å². The second-order valence-electron chi connectivity index (χ2n) is 5.24. The summed E-state index contributed by atoms with van der Waals surface area (Å²) in [6, 6.07) is 20.8. The molecule has 2 nitrogen and oxygen atoms in total. The number of benzene rings is 3. The summed E-state index contributed by atoms with van der Waals surface area (Å²) in [5, 5.41) is 2.43. The lowest BCUT2D eigenvalue weighted by Gasteiger charge is -1.99. The first-order valence-electron chi connectivity index (χ1n) is 7.22. The maximum Gasteiger partial charge on any atom is 0.227 e. The lowest BCUT2D eigenvalue weighted by Crippen LogP contribution is -1.79. The molecule has 0 amide bonds. The van der Waals surface area contributed by atoms with Crippen LogP contribution in [0, 0.1) is 0 Å². The standard InChI is InChI=1S/C19H15NO/c1-2-13-7-10-18-17(11-13)20-19(21-18)16-9-8-14-5-3-4-6-15(14)12-16/h3-12H,2H2,1H3. The van der Waals surface area contributed by atoms with E-state index in [4.69, 9.17) is 4.42 Å². The van der Waals surface area contributed by atoms with Crippen molar-refractivity contribution in [1.29, 1.82) is 0 Å². The Labute approximate surface area is 123 Å². The Hall–Kier alpha value is -2.61. The molecule has 102 valence electrons. The van der Waals surface area contributed by atoms with E-state index in [1.54, 1.807) is 0 Å². The van der Waals surface area contributed by atoms with E-state index in [9.17, 15) is 0 Å². The molecule has 21 heavy (non-hydrogen) atoms. The normalized spacial score (nSPS) is 11.3. The van der Waals surface area contributed by atoms with Gasteiger partial charge >= 0.3 is 0 Å². The van der Waals surface area contributed by atoms with Gasteiger partial charge < -0.3 is 4.42 Å². The summed E-state index contributed by atoms with van der Waals surface area (Å²) >= 11 is 0. The lowest BCUT2D eigenvalue weighted by molar-refractivity contribution is 0.620. The highest BCUT2D eigenvalue weighted by Crippen LogP contribution is 2.27. The molecule has 3 aromatic carbocycles. The Morgan fingerprint density at radius 3 is 2.62 bits per heavy atom. The molecule has 0 saturated heterocycles. The maximum absolute atomic E-state index is 5.89. The van der Waals surface area contributed by atoms with Crippen LogP contribution in [0.5, 0.6) is 0 Å². The summed E-state index contributed by atoms with van der Waals surface area (Å²) < 4.78 is 5.89. The minimum Gasteiger partial charge on any atom is -0.436 e. The van der Waals surface area contributed by atoms with Gasteiger partial charge in [-0.2, -0.15) is 0 Å². The van der Waals surface area contributed by atoms with Gasteiger partial charge in [0.1, 0.15) is 5.52 Å². The Kier molecular flexibility index (Phi) is 2.74. The molecule has 0 radical (unpaired) electrons. The summed E-state index contributed by atoms with van der Waals surface area (Å²) in [5.41, 5.74) is 4.07. The second kappa shape index (κ2) is 4.74. The topological polar surface area (TPSA) is 26.0 Å². The van der Waals surface area contributed by atoms with Crippen molar-refractivity contribution < 1.29 is 4.42 Å². The molecule has 4 aromatic rings. The molecule has 0 aliphatic heterocycles. The SMILES string of the molecule is CCc1ccc2oc(-c3ccc4ccccc4c3)nc2c1. The molecule has 1 heterocycles. The first kappa shape index (κ1) is 12.2. The fraction of sp³-hybridized carbons (Fsp3) is 0.105. The van der Waals surface area contributed by atoms with E-state index in [-0.39, 0.29) is 0 Å². The van der Waals surface area contributed by atoms with E-state index in [2.05, 4.69) is 54.4 Å². The number of fused-ring (bicyclic) bond motifs is 2. The van der Waals surface area contributed by atoms with Crippen LogP contribution in [0.25, 0.3) is 33.3 Å².